The largest absolute Gasteiger partial charge is 0.618 e. The van der Waals surface area contributed by atoms with Crippen molar-refractivity contribution in [2.24, 2.45) is 0 Å². The molecule has 4 nitrogen and oxygen atoms in total. The standard InChI is InChI=1S/C19H16ClFN2O2/c20-13-5-3-4-12(10-13)18-19(25-15-6-1-2-7-15)22-16-9-8-14(21)11-17(16)23(18)24/h3-5,8-11,15H,1-2,6-7H2. The molecule has 1 fully saturated rings. The first-order chi connectivity index (χ1) is 12.1. The minimum Gasteiger partial charge on any atom is -0.618 e. The first-order valence-electron chi connectivity index (χ1n) is 8.27. The number of aromatic nitrogens is 2. The van der Waals surface area contributed by atoms with E-state index >= 15 is 0 Å². The van der Waals surface area contributed by atoms with Gasteiger partial charge < -0.3 is 9.94 Å². The fourth-order valence-electron chi connectivity index (χ4n) is 3.25. The van der Waals surface area contributed by atoms with Gasteiger partial charge in [0, 0.05) is 11.1 Å². The number of fused-ring (bicyclic) bond motifs is 1. The normalized spacial score (nSPS) is 15.0. The van der Waals surface area contributed by atoms with Crippen molar-refractivity contribution in [2.75, 3.05) is 0 Å². The van der Waals surface area contributed by atoms with Crippen LogP contribution in [0, 0.1) is 11.0 Å². The second kappa shape index (κ2) is 6.48. The monoisotopic (exact) mass is 358 g/mol. The van der Waals surface area contributed by atoms with E-state index in [0.29, 0.717) is 20.8 Å². The summed E-state index contributed by atoms with van der Waals surface area (Å²) < 4.78 is 20.3. The lowest BCUT2D eigenvalue weighted by atomic mass is 10.1. The molecule has 128 valence electrons. The highest BCUT2D eigenvalue weighted by Crippen LogP contribution is 2.32. The van der Waals surface area contributed by atoms with Crippen LogP contribution in [0.2, 0.25) is 5.02 Å². The van der Waals surface area contributed by atoms with Crippen LogP contribution in [0.4, 0.5) is 4.39 Å². The van der Waals surface area contributed by atoms with Crippen LogP contribution in [0.25, 0.3) is 22.3 Å². The molecule has 0 amide bonds. The van der Waals surface area contributed by atoms with Crippen molar-refractivity contribution in [3.05, 3.63) is 58.5 Å². The molecule has 0 unspecified atom stereocenters. The van der Waals surface area contributed by atoms with Crippen molar-refractivity contribution in [3.63, 3.8) is 0 Å². The highest BCUT2D eigenvalue weighted by atomic mass is 35.5. The molecule has 1 heterocycles. The zero-order chi connectivity index (χ0) is 17.4. The van der Waals surface area contributed by atoms with Crippen LogP contribution in [0.5, 0.6) is 5.88 Å². The molecule has 0 saturated heterocycles. The number of nitrogens with zero attached hydrogens (tertiary/aromatic N) is 2. The van der Waals surface area contributed by atoms with Gasteiger partial charge in [-0.1, -0.05) is 17.7 Å². The predicted molar refractivity (Wildman–Crippen MR) is 94.0 cm³/mol. The Morgan fingerprint density at radius 2 is 1.96 bits per heavy atom. The lowest BCUT2D eigenvalue weighted by Gasteiger charge is -2.16. The highest BCUT2D eigenvalue weighted by molar-refractivity contribution is 6.30. The summed E-state index contributed by atoms with van der Waals surface area (Å²) in [5, 5.41) is 13.5. The number of rotatable bonds is 3. The summed E-state index contributed by atoms with van der Waals surface area (Å²) in [4.78, 5) is 4.49. The van der Waals surface area contributed by atoms with Gasteiger partial charge in [0.05, 0.1) is 5.56 Å². The maximum atomic E-state index is 13.6. The van der Waals surface area contributed by atoms with Gasteiger partial charge in [0.25, 0.3) is 11.6 Å². The number of ether oxygens (including phenoxy) is 1. The molecular weight excluding hydrogens is 343 g/mol. The van der Waals surface area contributed by atoms with Crippen LogP contribution < -0.4 is 9.47 Å². The van der Waals surface area contributed by atoms with Gasteiger partial charge in [0.1, 0.15) is 17.4 Å². The van der Waals surface area contributed by atoms with Crippen molar-refractivity contribution in [1.82, 2.24) is 4.98 Å². The minimum atomic E-state index is -0.486. The van der Waals surface area contributed by atoms with E-state index in [1.807, 2.05) is 0 Å². The lowest BCUT2D eigenvalue weighted by Crippen LogP contribution is -2.32. The van der Waals surface area contributed by atoms with Gasteiger partial charge in [-0.2, -0.15) is 4.73 Å². The Morgan fingerprint density at radius 3 is 2.72 bits per heavy atom. The van der Waals surface area contributed by atoms with Gasteiger partial charge >= 0.3 is 0 Å². The molecule has 3 aromatic rings. The van der Waals surface area contributed by atoms with E-state index < -0.39 is 5.82 Å². The Hall–Kier alpha value is -2.40. The molecule has 1 aliphatic carbocycles. The summed E-state index contributed by atoms with van der Waals surface area (Å²) in [6.07, 6.45) is 4.14. The van der Waals surface area contributed by atoms with Crippen LogP contribution in [-0.2, 0) is 0 Å². The van der Waals surface area contributed by atoms with Gasteiger partial charge in [-0.15, -0.1) is 0 Å². The van der Waals surface area contributed by atoms with Crippen molar-refractivity contribution < 1.29 is 13.9 Å². The van der Waals surface area contributed by atoms with E-state index in [-0.39, 0.29) is 23.2 Å². The maximum Gasteiger partial charge on any atom is 0.291 e. The minimum absolute atomic E-state index is 0.0448. The summed E-state index contributed by atoms with van der Waals surface area (Å²) in [7, 11) is 0. The molecule has 6 heteroatoms. The Labute approximate surface area is 149 Å². The summed E-state index contributed by atoms with van der Waals surface area (Å²) >= 11 is 6.08. The van der Waals surface area contributed by atoms with Crippen molar-refractivity contribution in [2.45, 2.75) is 31.8 Å². The van der Waals surface area contributed by atoms with E-state index in [1.54, 1.807) is 24.3 Å². The second-order valence-corrected chi connectivity index (χ2v) is 6.66. The molecule has 1 saturated carbocycles. The molecule has 2 aromatic carbocycles. The maximum absolute atomic E-state index is 13.6. The molecule has 1 aliphatic rings. The third-order valence-corrected chi connectivity index (χ3v) is 4.70. The lowest BCUT2D eigenvalue weighted by molar-refractivity contribution is -0.565. The number of hydrogen-bond acceptors (Lipinski definition) is 3. The third kappa shape index (κ3) is 3.12. The van der Waals surface area contributed by atoms with Gasteiger partial charge in [0.2, 0.25) is 5.52 Å². The Kier molecular flexibility index (Phi) is 4.17. The van der Waals surface area contributed by atoms with Crippen molar-refractivity contribution >= 4 is 22.6 Å². The summed E-state index contributed by atoms with van der Waals surface area (Å²) in [5.41, 5.74) is 1.41. The SMILES string of the molecule is [O-][n+]1c(-c2cccc(Cl)c2)c(OC2CCCC2)nc2ccc(F)cc21. The zero-order valence-electron chi connectivity index (χ0n) is 13.4. The van der Waals surface area contributed by atoms with E-state index in [2.05, 4.69) is 4.98 Å². The van der Waals surface area contributed by atoms with Crippen molar-refractivity contribution in [1.29, 1.82) is 0 Å². The molecule has 1 aromatic heterocycles. The smallest absolute Gasteiger partial charge is 0.291 e. The van der Waals surface area contributed by atoms with Crippen LogP contribution in [0.1, 0.15) is 25.7 Å². The summed E-state index contributed by atoms with van der Waals surface area (Å²) in [5.74, 6) is -0.219. The Morgan fingerprint density at radius 1 is 1.16 bits per heavy atom. The molecule has 0 radical (unpaired) electrons. The van der Waals surface area contributed by atoms with E-state index in [4.69, 9.17) is 16.3 Å². The van der Waals surface area contributed by atoms with E-state index in [1.165, 1.54) is 18.2 Å². The molecule has 0 atom stereocenters. The predicted octanol–water partition coefficient (Wildman–Crippen LogP) is 4.65. The zero-order valence-corrected chi connectivity index (χ0v) is 14.2. The topological polar surface area (TPSA) is 49.1 Å². The third-order valence-electron chi connectivity index (χ3n) is 4.46. The van der Waals surface area contributed by atoms with Crippen molar-refractivity contribution in [3.8, 4) is 17.1 Å². The average molecular weight is 359 g/mol. The fourth-order valence-corrected chi connectivity index (χ4v) is 3.44. The molecule has 0 bridgehead atoms. The van der Waals surface area contributed by atoms with Gasteiger partial charge in [-0.25, -0.2) is 9.37 Å². The Bertz CT molecular complexity index is 942. The highest BCUT2D eigenvalue weighted by Gasteiger charge is 2.26. The van der Waals surface area contributed by atoms with E-state index in [9.17, 15) is 9.60 Å². The van der Waals surface area contributed by atoms with Gasteiger partial charge in [-0.05, 0) is 56.0 Å². The molecule has 4 rings (SSSR count). The average Bonchev–Trinajstić information content (AvgIpc) is 3.09. The molecular formula is C19H16ClFN2O2. The van der Waals surface area contributed by atoms with Crippen LogP contribution in [0.3, 0.4) is 0 Å². The second-order valence-electron chi connectivity index (χ2n) is 6.23. The first-order valence-corrected chi connectivity index (χ1v) is 8.65. The van der Waals surface area contributed by atoms with Crippen LogP contribution >= 0.6 is 11.6 Å². The van der Waals surface area contributed by atoms with Crippen LogP contribution in [0.15, 0.2) is 42.5 Å². The quantitative estimate of drug-likeness (QED) is 0.506. The number of benzene rings is 2. The molecule has 0 spiro atoms. The first kappa shape index (κ1) is 16.1. The number of halogens is 2. The van der Waals surface area contributed by atoms with E-state index in [0.717, 1.165) is 25.7 Å². The fraction of sp³-hybridized carbons (Fsp3) is 0.263. The number of hydrogen-bond donors (Lipinski definition) is 0. The summed E-state index contributed by atoms with van der Waals surface area (Å²) in [6, 6.07) is 10.9. The molecule has 0 N–H and O–H groups in total. The summed E-state index contributed by atoms with van der Waals surface area (Å²) in [6.45, 7) is 0. The van der Waals surface area contributed by atoms with Gasteiger partial charge in [0.15, 0.2) is 0 Å². The molecule has 25 heavy (non-hydrogen) atoms. The van der Waals surface area contributed by atoms with Crippen LogP contribution in [-0.4, -0.2) is 11.1 Å². The Balaban J connectivity index is 1.93. The molecule has 0 aliphatic heterocycles. The van der Waals surface area contributed by atoms with Gasteiger partial charge in [-0.3, -0.25) is 0 Å².